The van der Waals surface area contributed by atoms with Crippen molar-refractivity contribution in [2.24, 2.45) is 0 Å². The molecule has 0 heterocycles. The van der Waals surface area contributed by atoms with E-state index in [1.165, 1.54) is 12.1 Å². The molecule has 0 unspecified atom stereocenters. The second kappa shape index (κ2) is 7.58. The van der Waals surface area contributed by atoms with Gasteiger partial charge in [-0.3, -0.25) is 0 Å². The molecule has 0 atom stereocenters. The van der Waals surface area contributed by atoms with Crippen molar-refractivity contribution in [2.45, 2.75) is 11.4 Å². The lowest BCUT2D eigenvalue weighted by atomic mass is 10.2. The van der Waals surface area contributed by atoms with Gasteiger partial charge in [-0.1, -0.05) is 48.5 Å². The smallest absolute Gasteiger partial charge is 0.316 e. The van der Waals surface area contributed by atoms with Crippen LogP contribution in [-0.2, 0) is 16.6 Å². The third-order valence-corrected chi connectivity index (χ3v) is 4.28. The minimum atomic E-state index is -3.62. The van der Waals surface area contributed by atoms with E-state index in [2.05, 4.69) is 15.4 Å². The van der Waals surface area contributed by atoms with Crippen LogP contribution in [-0.4, -0.2) is 21.1 Å². The SMILES string of the molecule is O=C(NCNS(=O)(=O)c1ccccc1)NCc1ccccc1. The Morgan fingerprint density at radius 3 is 2.09 bits per heavy atom. The molecule has 0 aliphatic heterocycles. The van der Waals surface area contributed by atoms with E-state index in [4.69, 9.17) is 0 Å². The summed E-state index contributed by atoms with van der Waals surface area (Å²) in [7, 11) is -3.62. The van der Waals surface area contributed by atoms with Gasteiger partial charge >= 0.3 is 6.03 Å². The van der Waals surface area contributed by atoms with Gasteiger partial charge < -0.3 is 10.6 Å². The fourth-order valence-corrected chi connectivity index (χ4v) is 2.68. The average Bonchev–Trinajstić information content (AvgIpc) is 2.54. The lowest BCUT2D eigenvalue weighted by Crippen LogP contribution is -2.42. The molecule has 0 radical (unpaired) electrons. The normalized spacial score (nSPS) is 10.9. The molecule has 0 fully saturated rings. The monoisotopic (exact) mass is 319 g/mol. The Bertz CT molecular complexity index is 703. The van der Waals surface area contributed by atoms with Crippen LogP contribution in [0, 0.1) is 0 Å². The Labute approximate surface area is 129 Å². The van der Waals surface area contributed by atoms with Gasteiger partial charge in [0, 0.05) is 6.54 Å². The van der Waals surface area contributed by atoms with Crippen molar-refractivity contribution >= 4 is 16.1 Å². The predicted molar refractivity (Wildman–Crippen MR) is 83.4 cm³/mol. The third kappa shape index (κ3) is 4.87. The maximum Gasteiger partial charge on any atom is 0.316 e. The first kappa shape index (κ1) is 16.0. The van der Waals surface area contributed by atoms with Gasteiger partial charge in [0.05, 0.1) is 11.6 Å². The van der Waals surface area contributed by atoms with Gasteiger partial charge in [-0.15, -0.1) is 0 Å². The van der Waals surface area contributed by atoms with E-state index in [9.17, 15) is 13.2 Å². The van der Waals surface area contributed by atoms with E-state index in [0.717, 1.165) is 5.56 Å². The van der Waals surface area contributed by atoms with Crippen molar-refractivity contribution in [3.05, 3.63) is 66.2 Å². The van der Waals surface area contributed by atoms with E-state index >= 15 is 0 Å². The van der Waals surface area contributed by atoms with Gasteiger partial charge in [-0.25, -0.2) is 13.2 Å². The molecule has 0 saturated carbocycles. The van der Waals surface area contributed by atoms with Crippen LogP contribution in [0.5, 0.6) is 0 Å². The number of carbonyl (C=O) groups is 1. The fraction of sp³-hybridized carbons (Fsp3) is 0.133. The van der Waals surface area contributed by atoms with Gasteiger partial charge in [0.15, 0.2) is 0 Å². The Morgan fingerprint density at radius 2 is 1.45 bits per heavy atom. The molecule has 7 heteroatoms. The van der Waals surface area contributed by atoms with Crippen LogP contribution in [0.4, 0.5) is 4.79 Å². The Morgan fingerprint density at radius 1 is 0.864 bits per heavy atom. The summed E-state index contributed by atoms with van der Waals surface area (Å²) in [5.41, 5.74) is 0.961. The molecule has 0 aliphatic carbocycles. The highest BCUT2D eigenvalue weighted by Gasteiger charge is 2.12. The van der Waals surface area contributed by atoms with E-state index in [-0.39, 0.29) is 11.6 Å². The average molecular weight is 319 g/mol. The molecule has 2 rings (SSSR count). The predicted octanol–water partition coefficient (Wildman–Crippen LogP) is 1.42. The number of nitrogens with one attached hydrogen (secondary N) is 3. The van der Waals surface area contributed by atoms with Crippen LogP contribution in [0.15, 0.2) is 65.6 Å². The highest BCUT2D eigenvalue weighted by Crippen LogP contribution is 2.06. The Hall–Kier alpha value is -2.38. The van der Waals surface area contributed by atoms with Crippen molar-refractivity contribution in [1.82, 2.24) is 15.4 Å². The summed E-state index contributed by atoms with van der Waals surface area (Å²) in [5, 5.41) is 5.08. The van der Waals surface area contributed by atoms with Crippen LogP contribution in [0.3, 0.4) is 0 Å². The summed E-state index contributed by atoms with van der Waals surface area (Å²) < 4.78 is 26.1. The van der Waals surface area contributed by atoms with Gasteiger partial charge in [0.25, 0.3) is 0 Å². The zero-order chi connectivity index (χ0) is 15.8. The van der Waals surface area contributed by atoms with Gasteiger partial charge in [0.2, 0.25) is 10.0 Å². The largest absolute Gasteiger partial charge is 0.334 e. The second-order valence-electron chi connectivity index (χ2n) is 4.48. The van der Waals surface area contributed by atoms with E-state index in [0.29, 0.717) is 6.54 Å². The molecule has 0 spiro atoms. The second-order valence-corrected chi connectivity index (χ2v) is 6.25. The first-order valence-corrected chi connectivity index (χ1v) is 8.16. The van der Waals surface area contributed by atoms with Gasteiger partial charge in [-0.05, 0) is 17.7 Å². The number of rotatable bonds is 6. The summed E-state index contributed by atoms with van der Waals surface area (Å²) in [5.74, 6) is 0. The number of amides is 2. The fourth-order valence-electron chi connectivity index (χ4n) is 1.74. The van der Waals surface area contributed by atoms with Crippen LogP contribution >= 0.6 is 0 Å². The number of hydrogen-bond donors (Lipinski definition) is 3. The number of sulfonamides is 1. The van der Waals surface area contributed by atoms with E-state index < -0.39 is 16.1 Å². The number of benzene rings is 2. The molecule has 2 aromatic carbocycles. The maximum atomic E-state index is 11.9. The highest BCUT2D eigenvalue weighted by molar-refractivity contribution is 7.89. The standard InChI is InChI=1S/C15H17N3O3S/c19-15(16-11-13-7-3-1-4-8-13)17-12-18-22(20,21)14-9-5-2-6-10-14/h1-10,18H,11-12H2,(H2,16,17,19). The minimum Gasteiger partial charge on any atom is -0.334 e. The number of carbonyl (C=O) groups excluding carboxylic acids is 1. The lowest BCUT2D eigenvalue weighted by molar-refractivity contribution is 0.240. The first-order valence-electron chi connectivity index (χ1n) is 6.68. The molecular weight excluding hydrogens is 302 g/mol. The number of hydrogen-bond acceptors (Lipinski definition) is 3. The molecule has 2 amide bonds. The lowest BCUT2D eigenvalue weighted by Gasteiger charge is -2.09. The molecule has 3 N–H and O–H groups in total. The van der Waals surface area contributed by atoms with Gasteiger partial charge in [0.1, 0.15) is 0 Å². The molecule has 0 aromatic heterocycles. The van der Waals surface area contributed by atoms with Crippen molar-refractivity contribution in [3.63, 3.8) is 0 Å². The number of urea groups is 1. The van der Waals surface area contributed by atoms with Gasteiger partial charge in [-0.2, -0.15) is 4.72 Å². The molecule has 6 nitrogen and oxygen atoms in total. The molecule has 0 saturated heterocycles. The molecular formula is C15H17N3O3S. The summed E-state index contributed by atoms with van der Waals surface area (Å²) in [6.07, 6.45) is 0. The molecule has 116 valence electrons. The molecule has 0 aliphatic rings. The minimum absolute atomic E-state index is 0.154. The van der Waals surface area contributed by atoms with Crippen molar-refractivity contribution in [3.8, 4) is 0 Å². The van der Waals surface area contributed by atoms with Crippen molar-refractivity contribution < 1.29 is 13.2 Å². The van der Waals surface area contributed by atoms with Crippen molar-refractivity contribution in [2.75, 3.05) is 6.67 Å². The summed E-state index contributed by atoms with van der Waals surface area (Å²) >= 11 is 0. The zero-order valence-corrected chi connectivity index (χ0v) is 12.6. The molecule has 0 bridgehead atoms. The van der Waals surface area contributed by atoms with E-state index in [1.807, 2.05) is 30.3 Å². The quantitative estimate of drug-likeness (QED) is 0.704. The molecule has 2 aromatic rings. The maximum absolute atomic E-state index is 11.9. The zero-order valence-electron chi connectivity index (χ0n) is 11.8. The van der Waals surface area contributed by atoms with Crippen LogP contribution in [0.25, 0.3) is 0 Å². The highest BCUT2D eigenvalue weighted by atomic mass is 32.2. The van der Waals surface area contributed by atoms with Crippen LogP contribution in [0.2, 0.25) is 0 Å². The summed E-state index contributed by atoms with van der Waals surface area (Å²) in [6, 6.07) is 16.9. The topological polar surface area (TPSA) is 87.3 Å². The first-order chi connectivity index (χ1) is 10.6. The Kier molecular flexibility index (Phi) is 5.51. The van der Waals surface area contributed by atoms with Crippen LogP contribution < -0.4 is 15.4 Å². The van der Waals surface area contributed by atoms with Crippen molar-refractivity contribution in [1.29, 1.82) is 0 Å². The Balaban J connectivity index is 1.75. The van der Waals surface area contributed by atoms with E-state index in [1.54, 1.807) is 18.2 Å². The third-order valence-electron chi connectivity index (χ3n) is 2.86. The molecule has 22 heavy (non-hydrogen) atoms. The summed E-state index contributed by atoms with van der Waals surface area (Å²) in [4.78, 5) is 11.7. The summed E-state index contributed by atoms with van der Waals surface area (Å²) in [6.45, 7) is 0.190. The van der Waals surface area contributed by atoms with Crippen LogP contribution in [0.1, 0.15) is 5.56 Å².